The van der Waals surface area contributed by atoms with E-state index in [1.807, 2.05) is 65.6 Å². The van der Waals surface area contributed by atoms with Crippen LogP contribution in [0.5, 0.6) is 0 Å². The van der Waals surface area contributed by atoms with Crippen molar-refractivity contribution in [2.24, 2.45) is 0 Å². The fourth-order valence-electron chi connectivity index (χ4n) is 6.19. The molecule has 45 heavy (non-hydrogen) atoms. The highest BCUT2D eigenvalue weighted by Crippen LogP contribution is 2.45. The van der Waals surface area contributed by atoms with E-state index in [1.165, 1.54) is 20.3 Å². The van der Waals surface area contributed by atoms with Gasteiger partial charge >= 0.3 is 0 Å². The Morgan fingerprint density at radius 2 is 1.24 bits per heavy atom. The molecule has 0 unspecified atom stereocenters. The molecule has 0 amide bonds. The van der Waals surface area contributed by atoms with Crippen molar-refractivity contribution in [3.8, 4) is 22.3 Å². The number of nitrogens with zero attached hydrogens (tertiary/aromatic N) is 1. The van der Waals surface area contributed by atoms with Crippen molar-refractivity contribution in [3.63, 3.8) is 0 Å². The lowest BCUT2D eigenvalue weighted by atomic mass is 9.97. The number of benzene rings is 7. The Bertz CT molecular complexity index is 2890. The molecule has 9 rings (SSSR count). The molecule has 0 saturated heterocycles. The Morgan fingerprint density at radius 3 is 2.13 bits per heavy atom. The van der Waals surface area contributed by atoms with Crippen LogP contribution in [0.25, 0.3) is 64.4 Å². The third-order valence-corrected chi connectivity index (χ3v) is 9.32. The summed E-state index contributed by atoms with van der Waals surface area (Å²) in [7, 11) is 0. The molecule has 7 aromatic carbocycles. The highest BCUT2D eigenvalue weighted by atomic mass is 32.1. The second kappa shape index (κ2) is 10.5. The molecule has 9 aromatic rings. The molecule has 0 atom stereocenters. The highest BCUT2D eigenvalue weighted by Gasteiger charge is 2.20. The summed E-state index contributed by atoms with van der Waals surface area (Å²) < 4.78 is 69.3. The molecule has 0 aliphatic heterocycles. The van der Waals surface area contributed by atoms with Crippen molar-refractivity contribution >= 4 is 70.5 Å². The number of furan rings is 1. The number of thiophene rings is 1. The third kappa shape index (κ3) is 4.32. The van der Waals surface area contributed by atoms with Crippen LogP contribution in [0.2, 0.25) is 0 Å². The first kappa shape index (κ1) is 19.6. The van der Waals surface area contributed by atoms with Gasteiger partial charge in [-0.3, -0.25) is 0 Å². The van der Waals surface area contributed by atoms with Crippen molar-refractivity contribution in [3.05, 3.63) is 164 Å². The summed E-state index contributed by atoms with van der Waals surface area (Å²) in [6.45, 7) is 0. The fraction of sp³-hybridized carbons (Fsp3) is 0. The summed E-state index contributed by atoms with van der Waals surface area (Å²) in [4.78, 5) is 1.81. The number of anilines is 3. The molecule has 3 heteroatoms. The lowest BCUT2D eigenvalue weighted by Gasteiger charge is -2.26. The van der Waals surface area contributed by atoms with Gasteiger partial charge in [-0.15, -0.1) is 11.3 Å². The van der Waals surface area contributed by atoms with E-state index in [1.54, 1.807) is 11.3 Å². The molecule has 0 spiro atoms. The summed E-state index contributed by atoms with van der Waals surface area (Å²) in [5.41, 5.74) is 5.56. The highest BCUT2D eigenvalue weighted by molar-refractivity contribution is 7.26. The van der Waals surface area contributed by atoms with Gasteiger partial charge in [-0.05, 0) is 82.8 Å². The van der Waals surface area contributed by atoms with Crippen molar-refractivity contribution in [1.82, 2.24) is 0 Å². The molecular formula is C42H27NOS. The van der Waals surface area contributed by atoms with Gasteiger partial charge in [-0.25, -0.2) is 0 Å². The van der Waals surface area contributed by atoms with Crippen LogP contribution in [0.15, 0.2) is 168 Å². The fourth-order valence-corrected chi connectivity index (χ4v) is 7.30. The zero-order valence-corrected chi connectivity index (χ0v) is 24.6. The molecule has 2 nitrogen and oxygen atoms in total. The van der Waals surface area contributed by atoms with E-state index in [4.69, 9.17) is 12.6 Å². The average molecular weight is 601 g/mol. The number of hydrogen-bond acceptors (Lipinski definition) is 3. The summed E-state index contributed by atoms with van der Waals surface area (Å²) in [6.07, 6.45) is 0. The van der Waals surface area contributed by atoms with Crippen LogP contribution in [-0.2, 0) is 0 Å². The second-order valence-electron chi connectivity index (χ2n) is 10.8. The minimum Gasteiger partial charge on any atom is -0.456 e. The predicted molar refractivity (Wildman–Crippen MR) is 192 cm³/mol. The number of rotatable bonds is 5. The maximum atomic E-state index is 9.26. The van der Waals surface area contributed by atoms with Crippen LogP contribution in [-0.4, -0.2) is 0 Å². The third-order valence-electron chi connectivity index (χ3n) is 8.18. The summed E-state index contributed by atoms with van der Waals surface area (Å²) in [6, 6.07) is 37.9. The average Bonchev–Trinajstić information content (AvgIpc) is 3.77. The minimum atomic E-state index is -0.458. The zero-order valence-electron chi connectivity index (χ0n) is 30.8. The largest absolute Gasteiger partial charge is 0.456 e. The van der Waals surface area contributed by atoms with Gasteiger partial charge in [0.05, 0.1) is 20.7 Å². The maximum Gasteiger partial charge on any atom is 0.137 e. The van der Waals surface area contributed by atoms with E-state index in [0.717, 1.165) is 22.1 Å². The van der Waals surface area contributed by atoms with Crippen LogP contribution in [0, 0.1) is 0 Å². The van der Waals surface area contributed by atoms with E-state index in [2.05, 4.69) is 60.7 Å². The van der Waals surface area contributed by atoms with Gasteiger partial charge in [0.15, 0.2) is 0 Å². The molecule has 0 fully saturated rings. The summed E-state index contributed by atoms with van der Waals surface area (Å²) in [5.74, 6) is 0. The maximum absolute atomic E-state index is 9.26. The monoisotopic (exact) mass is 600 g/mol. The molecule has 0 N–H and O–H groups in total. The molecule has 2 aromatic heterocycles. The summed E-state index contributed by atoms with van der Waals surface area (Å²) in [5, 5.41) is 2.61. The molecular weight excluding hydrogens is 567 g/mol. The first-order valence-electron chi connectivity index (χ1n) is 18.1. The smallest absolute Gasteiger partial charge is 0.137 e. The molecule has 0 aliphatic carbocycles. The molecule has 2 heterocycles. The van der Waals surface area contributed by atoms with Gasteiger partial charge < -0.3 is 9.32 Å². The van der Waals surface area contributed by atoms with Crippen molar-refractivity contribution in [2.75, 3.05) is 4.90 Å². The SMILES string of the molecule is [2H]c1c([2H])c([2H])c2c(oc3c([2H])c([2H])c([2H])c(N(c4ccccc4)c4cccc(-c5ccc6sc7cccc(-c8ccccc8)c7c6c5)c4)c32)c1[2H]. The van der Waals surface area contributed by atoms with Crippen LogP contribution < -0.4 is 4.90 Å². The number of para-hydroxylation sites is 2. The van der Waals surface area contributed by atoms with Gasteiger partial charge in [0.25, 0.3) is 0 Å². The molecule has 0 aliphatic rings. The number of fused-ring (bicyclic) bond motifs is 6. The number of hydrogen-bond donors (Lipinski definition) is 0. The van der Waals surface area contributed by atoms with Crippen LogP contribution in [0.4, 0.5) is 17.1 Å². The second-order valence-corrected chi connectivity index (χ2v) is 11.9. The van der Waals surface area contributed by atoms with E-state index in [-0.39, 0.29) is 57.8 Å². The zero-order chi connectivity index (χ0) is 35.8. The Kier molecular flexibility index (Phi) is 4.58. The van der Waals surface area contributed by atoms with Crippen molar-refractivity contribution in [2.45, 2.75) is 0 Å². The Morgan fingerprint density at radius 1 is 0.511 bits per heavy atom. The minimum absolute atomic E-state index is 0.0686. The van der Waals surface area contributed by atoms with Gasteiger partial charge in [-0.1, -0.05) is 103 Å². The molecule has 212 valence electrons. The van der Waals surface area contributed by atoms with Gasteiger partial charge in [-0.2, -0.15) is 0 Å². The van der Waals surface area contributed by atoms with Gasteiger partial charge in [0.2, 0.25) is 0 Å². The molecule has 0 saturated carbocycles. The van der Waals surface area contributed by atoms with Crippen molar-refractivity contribution in [1.29, 1.82) is 0 Å². The van der Waals surface area contributed by atoms with E-state index in [9.17, 15) is 1.37 Å². The van der Waals surface area contributed by atoms with Gasteiger partial charge in [0, 0.05) is 36.9 Å². The molecule has 0 bridgehead atoms. The van der Waals surface area contributed by atoms with E-state index >= 15 is 0 Å². The van der Waals surface area contributed by atoms with Crippen LogP contribution in [0.1, 0.15) is 9.60 Å². The van der Waals surface area contributed by atoms with Crippen LogP contribution >= 0.6 is 11.3 Å². The quantitative estimate of drug-likeness (QED) is 0.195. The predicted octanol–water partition coefficient (Wildman–Crippen LogP) is 12.8. The summed E-state index contributed by atoms with van der Waals surface area (Å²) >= 11 is 1.76. The Hall–Kier alpha value is -5.64. The first-order valence-corrected chi connectivity index (χ1v) is 15.4. The van der Waals surface area contributed by atoms with Gasteiger partial charge in [0.1, 0.15) is 11.2 Å². The lowest BCUT2D eigenvalue weighted by Crippen LogP contribution is -2.10. The first-order chi connectivity index (χ1) is 25.2. The topological polar surface area (TPSA) is 16.4 Å². The Labute approximate surface area is 274 Å². The Balaban J connectivity index is 1.30. The standard InChI is InChI=1S/C42H27NOS/c1-3-12-28(13-4-1)33-19-10-23-40-41(33)35-27-30(24-25-39(35)45-40)29-14-9-17-32(26-29)43(31-15-5-2-6-16-31)36-20-11-22-38-42(36)34-18-7-8-21-37(34)44-38/h1-27H/i7D,8D,11D,18D,20D,21D,22D. The molecule has 0 radical (unpaired) electrons. The van der Waals surface area contributed by atoms with E-state index in [0.29, 0.717) is 11.4 Å². The van der Waals surface area contributed by atoms with Crippen molar-refractivity contribution < 1.29 is 14.0 Å². The van der Waals surface area contributed by atoms with E-state index < -0.39 is 12.1 Å². The lowest BCUT2D eigenvalue weighted by molar-refractivity contribution is 0.669. The van der Waals surface area contributed by atoms with Crippen LogP contribution in [0.3, 0.4) is 0 Å². The normalized spacial score (nSPS) is 13.7.